The first-order chi connectivity index (χ1) is 8.93. The summed E-state index contributed by atoms with van der Waals surface area (Å²) in [6.07, 6.45) is -2.54. The number of alkyl halides is 2. The molecule has 0 aliphatic heterocycles. The van der Waals surface area contributed by atoms with E-state index in [-0.39, 0.29) is 28.9 Å². The van der Waals surface area contributed by atoms with E-state index in [4.69, 9.17) is 5.11 Å². The van der Waals surface area contributed by atoms with E-state index in [9.17, 15) is 18.0 Å². The molecular formula is C11H11BrF3NO3. The lowest BCUT2D eigenvalue weighted by molar-refractivity contribution is 0.0215. The number of aromatic carboxylic acids is 1. The molecule has 19 heavy (non-hydrogen) atoms. The molecule has 0 unspecified atom stereocenters. The van der Waals surface area contributed by atoms with Crippen LogP contribution in [0.3, 0.4) is 0 Å². The van der Waals surface area contributed by atoms with Gasteiger partial charge in [-0.1, -0.05) is 0 Å². The average molecular weight is 342 g/mol. The maximum Gasteiger partial charge on any atom is 0.336 e. The Hall–Kier alpha value is -1.28. The molecule has 0 heterocycles. The first-order valence-corrected chi connectivity index (χ1v) is 6.03. The van der Waals surface area contributed by atoms with Crippen molar-refractivity contribution in [3.63, 3.8) is 0 Å². The second-order valence-electron chi connectivity index (χ2n) is 3.49. The van der Waals surface area contributed by atoms with E-state index in [0.717, 1.165) is 0 Å². The molecule has 0 aliphatic carbocycles. The van der Waals surface area contributed by atoms with Crippen molar-refractivity contribution in [3.05, 3.63) is 28.0 Å². The Labute approximate surface area is 115 Å². The summed E-state index contributed by atoms with van der Waals surface area (Å²) in [7, 11) is 0. The molecule has 106 valence electrons. The van der Waals surface area contributed by atoms with Crippen LogP contribution in [0.2, 0.25) is 0 Å². The molecule has 2 N–H and O–H groups in total. The Kier molecular flexibility index (Phi) is 6.10. The topological polar surface area (TPSA) is 58.6 Å². The van der Waals surface area contributed by atoms with Gasteiger partial charge < -0.3 is 15.2 Å². The van der Waals surface area contributed by atoms with Crippen LogP contribution in [0.5, 0.6) is 0 Å². The van der Waals surface area contributed by atoms with Gasteiger partial charge in [0.15, 0.2) is 5.82 Å². The summed E-state index contributed by atoms with van der Waals surface area (Å²) >= 11 is 2.85. The van der Waals surface area contributed by atoms with Crippen molar-refractivity contribution in [3.8, 4) is 0 Å². The van der Waals surface area contributed by atoms with Crippen molar-refractivity contribution in [2.45, 2.75) is 6.43 Å². The molecule has 4 nitrogen and oxygen atoms in total. The Morgan fingerprint density at radius 1 is 1.47 bits per heavy atom. The van der Waals surface area contributed by atoms with Crippen LogP contribution in [0, 0.1) is 5.82 Å². The third-order valence-electron chi connectivity index (χ3n) is 2.12. The van der Waals surface area contributed by atoms with Crippen LogP contribution in [-0.4, -0.2) is 37.3 Å². The minimum absolute atomic E-state index is 0.0118. The number of halogens is 4. The average Bonchev–Trinajstić information content (AvgIpc) is 2.33. The Morgan fingerprint density at radius 3 is 2.74 bits per heavy atom. The monoisotopic (exact) mass is 341 g/mol. The number of nitrogens with one attached hydrogen (secondary N) is 1. The number of rotatable bonds is 7. The molecule has 0 fully saturated rings. The van der Waals surface area contributed by atoms with E-state index in [0.29, 0.717) is 0 Å². The van der Waals surface area contributed by atoms with Crippen LogP contribution in [-0.2, 0) is 4.74 Å². The number of ether oxygens (including phenoxy) is 1. The summed E-state index contributed by atoms with van der Waals surface area (Å²) in [4.78, 5) is 10.7. The second kappa shape index (κ2) is 7.34. The highest BCUT2D eigenvalue weighted by Crippen LogP contribution is 2.26. The molecule has 1 aromatic carbocycles. The summed E-state index contributed by atoms with van der Waals surface area (Å²) < 4.78 is 41.7. The van der Waals surface area contributed by atoms with Gasteiger partial charge >= 0.3 is 5.97 Å². The van der Waals surface area contributed by atoms with Crippen molar-refractivity contribution in [2.75, 3.05) is 25.1 Å². The normalized spacial score (nSPS) is 10.8. The number of hydrogen-bond acceptors (Lipinski definition) is 3. The number of carboxylic acid groups (broad SMARTS) is 1. The number of carbonyl (C=O) groups is 1. The minimum atomic E-state index is -2.54. The Morgan fingerprint density at radius 2 is 2.16 bits per heavy atom. The van der Waals surface area contributed by atoms with Gasteiger partial charge in [-0.15, -0.1) is 0 Å². The van der Waals surface area contributed by atoms with Crippen LogP contribution in [0.15, 0.2) is 16.6 Å². The summed E-state index contributed by atoms with van der Waals surface area (Å²) in [5.74, 6) is -2.01. The summed E-state index contributed by atoms with van der Waals surface area (Å²) in [6.45, 7) is -0.559. The summed E-state index contributed by atoms with van der Waals surface area (Å²) in [5.41, 5.74) is -0.130. The fraction of sp³-hybridized carbons (Fsp3) is 0.364. The molecule has 0 amide bonds. The molecule has 0 saturated heterocycles. The Bertz CT molecular complexity index is 457. The highest BCUT2D eigenvalue weighted by Gasteiger charge is 2.15. The molecule has 8 heteroatoms. The van der Waals surface area contributed by atoms with E-state index >= 15 is 0 Å². The van der Waals surface area contributed by atoms with E-state index in [2.05, 4.69) is 26.0 Å². The predicted molar refractivity (Wildman–Crippen MR) is 66.4 cm³/mol. The van der Waals surface area contributed by atoms with Crippen molar-refractivity contribution < 1.29 is 27.8 Å². The highest BCUT2D eigenvalue weighted by atomic mass is 79.9. The van der Waals surface area contributed by atoms with E-state index in [1.165, 1.54) is 12.1 Å². The van der Waals surface area contributed by atoms with Gasteiger partial charge in [-0.05, 0) is 28.1 Å². The first kappa shape index (κ1) is 15.8. The Balaban J connectivity index is 2.56. The molecule has 1 aromatic rings. The van der Waals surface area contributed by atoms with E-state index in [1.54, 1.807) is 0 Å². The standard InChI is InChI=1S/C11H11BrF3NO3/c12-9-6(11(17)18)1-2-7(10(9)15)16-3-4-19-5-8(13)14/h1-2,8,16H,3-5H2,(H,17,18). The van der Waals surface area contributed by atoms with Gasteiger partial charge in [0.2, 0.25) is 0 Å². The molecule has 0 saturated carbocycles. The number of carboxylic acids is 1. The second-order valence-corrected chi connectivity index (χ2v) is 4.28. The van der Waals surface area contributed by atoms with Gasteiger partial charge in [0.1, 0.15) is 6.61 Å². The van der Waals surface area contributed by atoms with Gasteiger partial charge in [0.25, 0.3) is 6.43 Å². The molecule has 0 aliphatic rings. The van der Waals surface area contributed by atoms with Gasteiger partial charge in [-0.3, -0.25) is 0 Å². The van der Waals surface area contributed by atoms with Crippen LogP contribution >= 0.6 is 15.9 Å². The SMILES string of the molecule is O=C(O)c1ccc(NCCOCC(F)F)c(F)c1Br. The largest absolute Gasteiger partial charge is 0.478 e. The minimum Gasteiger partial charge on any atom is -0.478 e. The third-order valence-corrected chi connectivity index (χ3v) is 2.89. The zero-order chi connectivity index (χ0) is 14.4. The summed E-state index contributed by atoms with van der Waals surface area (Å²) in [6, 6.07) is 2.49. The lowest BCUT2D eigenvalue weighted by Gasteiger charge is -2.10. The van der Waals surface area contributed by atoms with Crippen LogP contribution in [0.25, 0.3) is 0 Å². The van der Waals surface area contributed by atoms with E-state index in [1.807, 2.05) is 0 Å². The molecule has 0 atom stereocenters. The van der Waals surface area contributed by atoms with Crippen molar-refractivity contribution in [2.24, 2.45) is 0 Å². The lowest BCUT2D eigenvalue weighted by Crippen LogP contribution is -2.14. The zero-order valence-electron chi connectivity index (χ0n) is 9.63. The summed E-state index contributed by atoms with van der Waals surface area (Å²) in [5, 5.41) is 11.4. The molecular weight excluding hydrogens is 331 g/mol. The third kappa shape index (κ3) is 4.71. The molecule has 0 bridgehead atoms. The van der Waals surface area contributed by atoms with Crippen LogP contribution < -0.4 is 5.32 Å². The van der Waals surface area contributed by atoms with Crippen molar-refractivity contribution in [1.29, 1.82) is 0 Å². The molecule has 0 spiro atoms. The van der Waals surface area contributed by atoms with Crippen LogP contribution in [0.4, 0.5) is 18.9 Å². The maximum absolute atomic E-state index is 13.7. The van der Waals surface area contributed by atoms with Gasteiger partial charge in [-0.25, -0.2) is 18.0 Å². The molecule has 0 aromatic heterocycles. The highest BCUT2D eigenvalue weighted by molar-refractivity contribution is 9.10. The van der Waals surface area contributed by atoms with Gasteiger partial charge in [0.05, 0.1) is 22.3 Å². The number of benzene rings is 1. The number of anilines is 1. The van der Waals surface area contributed by atoms with E-state index < -0.39 is 24.8 Å². The number of hydrogen-bond donors (Lipinski definition) is 2. The van der Waals surface area contributed by atoms with Gasteiger partial charge in [0, 0.05) is 6.54 Å². The quantitative estimate of drug-likeness (QED) is 0.748. The fourth-order valence-electron chi connectivity index (χ4n) is 1.28. The molecule has 0 radical (unpaired) electrons. The van der Waals surface area contributed by atoms with Crippen LogP contribution in [0.1, 0.15) is 10.4 Å². The van der Waals surface area contributed by atoms with Crippen molar-refractivity contribution in [1.82, 2.24) is 0 Å². The first-order valence-electron chi connectivity index (χ1n) is 5.24. The molecule has 1 rings (SSSR count). The lowest BCUT2D eigenvalue weighted by atomic mass is 10.2. The smallest absolute Gasteiger partial charge is 0.336 e. The predicted octanol–water partition coefficient (Wildman–Crippen LogP) is 2.98. The van der Waals surface area contributed by atoms with Gasteiger partial charge in [-0.2, -0.15) is 0 Å². The maximum atomic E-state index is 13.7. The van der Waals surface area contributed by atoms with Crippen molar-refractivity contribution >= 4 is 27.6 Å². The fourth-order valence-corrected chi connectivity index (χ4v) is 1.80. The zero-order valence-corrected chi connectivity index (χ0v) is 11.2.